The zero-order valence-corrected chi connectivity index (χ0v) is 13.5. The highest BCUT2D eigenvalue weighted by atomic mass is 16.5. The molecule has 0 aliphatic carbocycles. The van der Waals surface area contributed by atoms with E-state index in [0.29, 0.717) is 12.1 Å². The van der Waals surface area contributed by atoms with Crippen LogP contribution in [0.5, 0.6) is 0 Å². The van der Waals surface area contributed by atoms with Crippen molar-refractivity contribution in [2.24, 2.45) is 5.84 Å². The highest BCUT2D eigenvalue weighted by Gasteiger charge is 2.37. The van der Waals surface area contributed by atoms with Crippen molar-refractivity contribution in [2.45, 2.75) is 69.9 Å². The number of rotatable bonds is 8. The first kappa shape index (κ1) is 16.5. The molecule has 0 amide bonds. The summed E-state index contributed by atoms with van der Waals surface area (Å²) in [6.45, 7) is 5.47. The van der Waals surface area contributed by atoms with Crippen LogP contribution in [0, 0.1) is 0 Å². The Morgan fingerprint density at radius 2 is 2.00 bits per heavy atom. The fraction of sp³-hybridized carbons (Fsp3) is 0.667. The second-order valence-electron chi connectivity index (χ2n) is 6.16. The molecule has 3 heteroatoms. The molecule has 2 atom stereocenters. The number of hydrogen-bond donors (Lipinski definition) is 2. The second-order valence-corrected chi connectivity index (χ2v) is 6.16. The molecular weight excluding hydrogens is 260 g/mol. The Bertz CT molecular complexity index is 397. The van der Waals surface area contributed by atoms with E-state index >= 15 is 0 Å². The van der Waals surface area contributed by atoms with Gasteiger partial charge in [0.2, 0.25) is 0 Å². The minimum absolute atomic E-state index is 0.106. The number of hydrogen-bond acceptors (Lipinski definition) is 3. The third kappa shape index (κ3) is 3.65. The van der Waals surface area contributed by atoms with Gasteiger partial charge < -0.3 is 4.74 Å². The van der Waals surface area contributed by atoms with Crippen molar-refractivity contribution < 1.29 is 4.74 Å². The predicted molar refractivity (Wildman–Crippen MR) is 88.0 cm³/mol. The molecule has 1 aromatic carbocycles. The Morgan fingerprint density at radius 3 is 2.52 bits per heavy atom. The van der Waals surface area contributed by atoms with E-state index in [-0.39, 0.29) is 5.41 Å². The Balaban J connectivity index is 2.13. The van der Waals surface area contributed by atoms with Crippen molar-refractivity contribution >= 4 is 0 Å². The summed E-state index contributed by atoms with van der Waals surface area (Å²) in [5.41, 5.74) is 4.61. The van der Waals surface area contributed by atoms with Gasteiger partial charge in [0.05, 0.1) is 6.10 Å². The first-order valence-corrected chi connectivity index (χ1v) is 8.40. The Morgan fingerprint density at radius 1 is 1.29 bits per heavy atom. The van der Waals surface area contributed by atoms with Crippen molar-refractivity contribution in [2.75, 3.05) is 6.61 Å². The van der Waals surface area contributed by atoms with Crippen LogP contribution in [0.3, 0.4) is 0 Å². The van der Waals surface area contributed by atoms with Crippen molar-refractivity contribution in [3.8, 4) is 0 Å². The minimum Gasteiger partial charge on any atom is -0.378 e. The van der Waals surface area contributed by atoms with E-state index < -0.39 is 0 Å². The normalized spacial score (nSPS) is 20.6. The summed E-state index contributed by atoms with van der Waals surface area (Å²) < 4.78 is 5.76. The molecule has 1 heterocycles. The van der Waals surface area contributed by atoms with Crippen LogP contribution >= 0.6 is 0 Å². The maximum absolute atomic E-state index is 5.94. The summed E-state index contributed by atoms with van der Waals surface area (Å²) in [6, 6.07) is 11.1. The van der Waals surface area contributed by atoms with Crippen LogP contribution in [-0.2, 0) is 10.2 Å². The first-order chi connectivity index (χ1) is 10.3. The minimum atomic E-state index is 0.106. The van der Waals surface area contributed by atoms with Crippen LogP contribution in [-0.4, -0.2) is 18.8 Å². The quantitative estimate of drug-likeness (QED) is 0.569. The molecule has 1 aliphatic heterocycles. The number of nitrogens with two attached hydrogens (primary N) is 1. The van der Waals surface area contributed by atoms with Gasteiger partial charge in [-0.1, -0.05) is 44.2 Å². The van der Waals surface area contributed by atoms with Gasteiger partial charge in [0.15, 0.2) is 0 Å². The Hall–Kier alpha value is -0.900. The Labute approximate surface area is 129 Å². The maximum atomic E-state index is 5.94. The van der Waals surface area contributed by atoms with Crippen LogP contribution in [0.1, 0.15) is 57.9 Å². The molecule has 1 aliphatic rings. The fourth-order valence-corrected chi connectivity index (χ4v) is 3.87. The van der Waals surface area contributed by atoms with Gasteiger partial charge >= 0.3 is 0 Å². The van der Waals surface area contributed by atoms with Gasteiger partial charge in [-0.2, -0.15) is 0 Å². The molecule has 1 aromatic rings. The molecule has 0 aromatic heterocycles. The van der Waals surface area contributed by atoms with E-state index in [0.717, 1.165) is 32.3 Å². The van der Waals surface area contributed by atoms with Gasteiger partial charge in [-0.25, -0.2) is 0 Å². The number of ether oxygens (including phenoxy) is 1. The van der Waals surface area contributed by atoms with E-state index in [2.05, 4.69) is 49.6 Å². The van der Waals surface area contributed by atoms with E-state index in [4.69, 9.17) is 10.6 Å². The molecule has 3 nitrogen and oxygen atoms in total. The van der Waals surface area contributed by atoms with Crippen molar-refractivity contribution in [3.63, 3.8) is 0 Å². The van der Waals surface area contributed by atoms with Gasteiger partial charge in [-0.05, 0) is 44.1 Å². The molecule has 1 saturated heterocycles. The molecule has 21 heavy (non-hydrogen) atoms. The van der Waals surface area contributed by atoms with Crippen LogP contribution < -0.4 is 11.3 Å². The van der Waals surface area contributed by atoms with Crippen LogP contribution in [0.4, 0.5) is 0 Å². The molecule has 3 N–H and O–H groups in total. The molecule has 0 saturated carbocycles. The van der Waals surface area contributed by atoms with Crippen molar-refractivity contribution in [1.82, 2.24) is 5.43 Å². The lowest BCUT2D eigenvalue weighted by atomic mass is 9.69. The van der Waals surface area contributed by atoms with Crippen LogP contribution in [0.2, 0.25) is 0 Å². The number of hydrazine groups is 1. The van der Waals surface area contributed by atoms with Crippen LogP contribution in [0.15, 0.2) is 30.3 Å². The highest BCUT2D eigenvalue weighted by Crippen LogP contribution is 2.37. The summed E-state index contributed by atoms with van der Waals surface area (Å²) in [5, 5.41) is 0. The Kier molecular flexibility index (Phi) is 6.22. The molecular formula is C18H30N2O. The van der Waals surface area contributed by atoms with Gasteiger partial charge in [0.25, 0.3) is 0 Å². The van der Waals surface area contributed by atoms with Crippen molar-refractivity contribution in [3.05, 3.63) is 35.9 Å². The van der Waals surface area contributed by atoms with Gasteiger partial charge in [0, 0.05) is 18.1 Å². The lowest BCUT2D eigenvalue weighted by Gasteiger charge is -2.40. The average molecular weight is 290 g/mol. The molecule has 2 rings (SSSR count). The van der Waals surface area contributed by atoms with E-state index in [1.807, 2.05) is 0 Å². The van der Waals surface area contributed by atoms with E-state index in [9.17, 15) is 0 Å². The van der Waals surface area contributed by atoms with Gasteiger partial charge in [0.1, 0.15) is 0 Å². The highest BCUT2D eigenvalue weighted by molar-refractivity contribution is 5.27. The molecule has 2 unspecified atom stereocenters. The number of nitrogens with one attached hydrogen (secondary N) is 1. The summed E-state index contributed by atoms with van der Waals surface area (Å²) in [4.78, 5) is 0. The van der Waals surface area contributed by atoms with Gasteiger partial charge in [-0.3, -0.25) is 11.3 Å². The SMILES string of the molecule is CCC(CC)(c1ccccc1)C(CCC1CCCO1)NN. The standard InChI is InChI=1S/C18H30N2O/c1-3-18(4-2,15-9-6-5-7-10-15)17(20-19)13-12-16-11-8-14-21-16/h5-7,9-10,16-17,20H,3-4,8,11-14,19H2,1-2H3. The fourth-order valence-electron chi connectivity index (χ4n) is 3.87. The maximum Gasteiger partial charge on any atom is 0.0576 e. The average Bonchev–Trinajstić information content (AvgIpc) is 3.06. The van der Waals surface area contributed by atoms with E-state index in [1.165, 1.54) is 18.4 Å². The molecule has 0 bridgehead atoms. The molecule has 118 valence electrons. The molecule has 1 fully saturated rings. The smallest absolute Gasteiger partial charge is 0.0576 e. The topological polar surface area (TPSA) is 47.3 Å². The lowest BCUT2D eigenvalue weighted by molar-refractivity contribution is 0.0946. The summed E-state index contributed by atoms with van der Waals surface area (Å²) in [5.74, 6) is 5.94. The zero-order valence-electron chi connectivity index (χ0n) is 13.5. The van der Waals surface area contributed by atoms with Gasteiger partial charge in [-0.15, -0.1) is 0 Å². The first-order valence-electron chi connectivity index (χ1n) is 8.40. The second kappa shape index (κ2) is 7.92. The van der Waals surface area contributed by atoms with Crippen LogP contribution in [0.25, 0.3) is 0 Å². The third-order valence-electron chi connectivity index (χ3n) is 5.28. The summed E-state index contributed by atoms with van der Waals surface area (Å²) in [7, 11) is 0. The van der Waals surface area contributed by atoms with E-state index in [1.54, 1.807) is 0 Å². The predicted octanol–water partition coefficient (Wildman–Crippen LogP) is 3.54. The summed E-state index contributed by atoms with van der Waals surface area (Å²) >= 11 is 0. The lowest BCUT2D eigenvalue weighted by Crippen LogP contribution is -2.51. The summed E-state index contributed by atoms with van der Waals surface area (Å²) in [6.07, 6.45) is 7.19. The molecule has 0 radical (unpaired) electrons. The monoisotopic (exact) mass is 290 g/mol. The molecule has 0 spiro atoms. The number of benzene rings is 1. The largest absolute Gasteiger partial charge is 0.378 e. The van der Waals surface area contributed by atoms with Crippen molar-refractivity contribution in [1.29, 1.82) is 0 Å². The zero-order chi connectivity index (χ0) is 15.1. The third-order valence-corrected chi connectivity index (χ3v) is 5.28.